The molecule has 1 aromatic rings. The maximum atomic E-state index is 12.3. The van der Waals surface area contributed by atoms with Gasteiger partial charge in [0.25, 0.3) is 0 Å². The zero-order chi connectivity index (χ0) is 13.5. The molecule has 111 valence electrons. The van der Waals surface area contributed by atoms with E-state index >= 15 is 0 Å². The zero-order valence-corrected chi connectivity index (χ0v) is 13.8. The van der Waals surface area contributed by atoms with Crippen molar-refractivity contribution in [3.05, 3.63) is 45.1 Å². The van der Waals surface area contributed by atoms with Crippen molar-refractivity contribution < 1.29 is 17.9 Å². The van der Waals surface area contributed by atoms with E-state index in [1.165, 1.54) is 23.5 Å². The maximum absolute atomic E-state index is 12.3. The van der Waals surface area contributed by atoms with E-state index in [1.54, 1.807) is 6.07 Å². The number of hydrogen-bond donors (Lipinski definition) is 0. The van der Waals surface area contributed by atoms with Gasteiger partial charge in [0.1, 0.15) is 12.0 Å². The molecule has 0 saturated heterocycles. The molecule has 1 aliphatic heterocycles. The molecule has 3 rings (SSSR count). The summed E-state index contributed by atoms with van der Waals surface area (Å²) in [7, 11) is 0. The Kier molecular flexibility index (Phi) is 3.59. The zero-order valence-electron chi connectivity index (χ0n) is 9.70. The SMILES string of the molecule is FC(F)(F)SC1=CCC2OC(c3[c-]ccs3)=NC2=C1.[Es]. The van der Waals surface area contributed by atoms with Gasteiger partial charge in [-0.05, 0) is 22.7 Å². The summed E-state index contributed by atoms with van der Waals surface area (Å²) in [5.74, 6) is 0.443. The van der Waals surface area contributed by atoms with E-state index in [1.807, 2.05) is 5.38 Å². The van der Waals surface area contributed by atoms with Crippen molar-refractivity contribution in [2.75, 3.05) is 0 Å². The molecule has 1 radical (unpaired) electrons. The van der Waals surface area contributed by atoms with Gasteiger partial charge in [0.2, 0.25) is 0 Å². The average Bonchev–Trinajstić information content (AvgIpc) is 2.94. The van der Waals surface area contributed by atoms with Gasteiger partial charge < -0.3 is 4.74 Å². The Morgan fingerprint density at radius 1 is 1.45 bits per heavy atom. The molecule has 0 fully saturated rings. The number of nitrogens with zero attached hydrogens (tertiary/aromatic N) is 1. The second kappa shape index (κ2) is 5.05. The number of aliphatic imine (C=N–C) groups is 1. The minimum absolute atomic E-state index is 0. The molecule has 2 heterocycles. The van der Waals surface area contributed by atoms with E-state index in [9.17, 15) is 13.2 Å². The van der Waals surface area contributed by atoms with Gasteiger partial charge in [0.15, 0.2) is 0 Å². The Labute approximate surface area is 115 Å². The van der Waals surface area contributed by atoms with Crippen molar-refractivity contribution in [3.8, 4) is 0 Å². The van der Waals surface area contributed by atoms with Gasteiger partial charge in [-0.2, -0.15) is 25.3 Å². The molecule has 20 heavy (non-hydrogen) atoms. The van der Waals surface area contributed by atoms with E-state index in [0.717, 1.165) is 4.88 Å². The summed E-state index contributed by atoms with van der Waals surface area (Å²) >= 11 is 1.32. The molecule has 1 aromatic heterocycles. The molecule has 1 unspecified atom stereocenters. The second-order valence-corrected chi connectivity index (χ2v) is 5.93. The van der Waals surface area contributed by atoms with Crippen molar-refractivity contribution in [3.63, 3.8) is 0 Å². The largest absolute Gasteiger partial charge is 0.524 e. The molecule has 1 aliphatic carbocycles. The summed E-state index contributed by atoms with van der Waals surface area (Å²) in [6.07, 6.45) is 3.10. The molecule has 0 saturated carbocycles. The summed E-state index contributed by atoms with van der Waals surface area (Å²) < 4.78 is 42.5. The number of hydrogen-bond acceptors (Lipinski definition) is 4. The number of allylic oxidation sites excluding steroid dienone is 1. The number of fused-ring (bicyclic) bond motifs is 1. The molecule has 0 aromatic carbocycles. The summed E-state index contributed by atoms with van der Waals surface area (Å²) in [6, 6.07) is 4.73. The van der Waals surface area contributed by atoms with Gasteiger partial charge in [0, 0.05) is 11.3 Å². The number of rotatable bonds is 2. The molecule has 2 aliphatic rings. The Balaban J connectivity index is 0.00000147. The number of thioether (sulfide) groups is 1. The van der Waals surface area contributed by atoms with Crippen LogP contribution in [-0.2, 0) is 4.74 Å². The van der Waals surface area contributed by atoms with Crippen LogP contribution in [0.1, 0.15) is 11.3 Å². The number of ether oxygens (including phenoxy) is 1. The van der Waals surface area contributed by atoms with Crippen molar-refractivity contribution in [1.82, 2.24) is 0 Å². The third-order valence-corrected chi connectivity index (χ3v) is 4.09. The maximum Gasteiger partial charge on any atom is 0.446 e. The first-order valence-electron chi connectivity index (χ1n) is 5.40. The number of thiophene rings is 1. The topological polar surface area (TPSA) is 21.6 Å². The summed E-state index contributed by atoms with van der Waals surface area (Å²) in [5.41, 5.74) is -3.73. The number of alkyl halides is 3. The number of halogens is 3. The third kappa shape index (κ3) is 2.85. The first-order valence-corrected chi connectivity index (χ1v) is 7.09. The van der Waals surface area contributed by atoms with Gasteiger partial charge in [0.05, 0.1) is 5.70 Å². The average molecular weight is 554 g/mol. The fourth-order valence-corrected chi connectivity index (χ4v) is 3.03. The Morgan fingerprint density at radius 2 is 2.25 bits per heavy atom. The summed E-state index contributed by atoms with van der Waals surface area (Å²) in [5, 5.41) is 1.85. The van der Waals surface area contributed by atoms with Crippen LogP contribution in [0.25, 0.3) is 0 Å². The van der Waals surface area contributed by atoms with Gasteiger partial charge in [-0.15, -0.1) is 5.38 Å². The fraction of sp³-hybridized carbons (Fsp3) is 0.250. The van der Waals surface area contributed by atoms with E-state index in [4.69, 9.17) is 4.74 Å². The van der Waals surface area contributed by atoms with Gasteiger partial charge in [-0.25, -0.2) is 11.3 Å². The first kappa shape index (κ1) is 14.2. The van der Waals surface area contributed by atoms with Crippen LogP contribution in [0.4, 0.5) is 13.2 Å². The van der Waals surface area contributed by atoms with Crippen molar-refractivity contribution in [2.45, 2.75) is 18.0 Å². The van der Waals surface area contributed by atoms with Crippen LogP contribution in [-0.4, -0.2) is 17.5 Å². The van der Waals surface area contributed by atoms with E-state index < -0.39 is 5.51 Å². The van der Waals surface area contributed by atoms with Crippen LogP contribution in [0.3, 0.4) is 0 Å². The van der Waals surface area contributed by atoms with Crippen molar-refractivity contribution in [1.29, 1.82) is 0 Å². The second-order valence-electron chi connectivity index (χ2n) is 3.88. The minimum Gasteiger partial charge on any atom is -0.524 e. The molecule has 0 bridgehead atoms. The molecule has 0 amide bonds. The third-order valence-electron chi connectivity index (χ3n) is 2.53. The van der Waals surface area contributed by atoms with Crippen molar-refractivity contribution in [2.24, 2.45) is 4.99 Å². The molecule has 0 N–H and O–H groups in total. The molecule has 2 nitrogen and oxygen atoms in total. The van der Waals surface area contributed by atoms with E-state index in [0.29, 0.717) is 18.0 Å². The van der Waals surface area contributed by atoms with Gasteiger partial charge in [-0.1, -0.05) is 6.08 Å². The summed E-state index contributed by atoms with van der Waals surface area (Å²) in [6.45, 7) is 0. The Bertz CT molecular complexity index is 578. The molecule has 8 heteroatoms. The van der Waals surface area contributed by atoms with Crippen LogP contribution in [0, 0.1) is 6.07 Å². The van der Waals surface area contributed by atoms with E-state index in [-0.39, 0.29) is 22.8 Å². The molecule has 1 atom stereocenters. The molecule has 0 spiro atoms. The van der Waals surface area contributed by atoms with Crippen LogP contribution < -0.4 is 0 Å². The smallest absolute Gasteiger partial charge is 0.446 e. The molecular weight excluding hydrogens is 547 g/mol. The minimum atomic E-state index is -4.27. The summed E-state index contributed by atoms with van der Waals surface area (Å²) in [4.78, 5) is 5.18. The quantitative estimate of drug-likeness (QED) is 0.514. The van der Waals surface area contributed by atoms with E-state index in [2.05, 4.69) is 11.1 Å². The fourth-order valence-electron chi connectivity index (χ4n) is 1.80. The standard InChI is InChI=1S/C12H7F3NOS2.Es/c13-12(14,15)19-7-3-4-9-8(6-7)16-11(17-9)10-2-1-5-18-10;/h1,3,5-6,9H,4H2;/q-1;. The van der Waals surface area contributed by atoms with Crippen molar-refractivity contribution >= 4 is 29.0 Å². The Morgan fingerprint density at radius 3 is 2.90 bits per heavy atom. The van der Waals surface area contributed by atoms with Crippen LogP contribution in [0.5, 0.6) is 0 Å². The first-order chi connectivity index (χ1) is 9.01. The Hall–Kier alpha value is -2.21. The molecular formula is C12H7EsF3NOS2-. The van der Waals surface area contributed by atoms with Crippen LogP contribution in [0.2, 0.25) is 0 Å². The normalized spacial score (nSPS) is 21.1. The van der Waals surface area contributed by atoms with Gasteiger partial charge >= 0.3 is 5.51 Å². The monoisotopic (exact) mass is 554 g/mol. The predicted octanol–water partition coefficient (Wildman–Crippen LogP) is 4.12. The van der Waals surface area contributed by atoms with Crippen LogP contribution in [0.15, 0.2) is 39.2 Å². The van der Waals surface area contributed by atoms with Crippen LogP contribution >= 0.6 is 23.1 Å². The van der Waals surface area contributed by atoms with Gasteiger partial charge in [-0.3, -0.25) is 4.99 Å². The predicted molar refractivity (Wildman–Crippen MR) is 69.0 cm³/mol.